The van der Waals surface area contributed by atoms with Gasteiger partial charge in [0.25, 0.3) is 0 Å². The first-order chi connectivity index (χ1) is 19.3. The number of piperazine rings is 1. The van der Waals surface area contributed by atoms with Gasteiger partial charge >= 0.3 is 6.09 Å². The molecule has 4 heterocycles. The number of amides is 3. The van der Waals surface area contributed by atoms with Crippen LogP contribution in [0.3, 0.4) is 0 Å². The van der Waals surface area contributed by atoms with E-state index in [2.05, 4.69) is 27.6 Å². The maximum atomic E-state index is 13.2. The van der Waals surface area contributed by atoms with Crippen LogP contribution in [-0.2, 0) is 20.7 Å². The summed E-state index contributed by atoms with van der Waals surface area (Å²) in [4.78, 5) is 48.9. The van der Waals surface area contributed by atoms with Gasteiger partial charge in [0.05, 0.1) is 35.7 Å². The van der Waals surface area contributed by atoms with Gasteiger partial charge in [-0.25, -0.2) is 9.78 Å². The molecule has 2 aromatic heterocycles. The Morgan fingerprint density at radius 2 is 1.90 bits per heavy atom. The maximum absolute atomic E-state index is 13.2. The van der Waals surface area contributed by atoms with E-state index < -0.39 is 6.04 Å². The number of anilines is 1. The van der Waals surface area contributed by atoms with Crippen LogP contribution in [0.1, 0.15) is 42.8 Å². The highest BCUT2D eigenvalue weighted by Crippen LogP contribution is 2.28. The Morgan fingerprint density at radius 1 is 1.15 bits per heavy atom. The van der Waals surface area contributed by atoms with Crippen molar-refractivity contribution in [3.05, 3.63) is 52.9 Å². The summed E-state index contributed by atoms with van der Waals surface area (Å²) in [6, 6.07) is 9.20. The summed E-state index contributed by atoms with van der Waals surface area (Å²) in [5.41, 5.74) is 4.95. The molecular weight excluding hydrogens is 532 g/mol. The fourth-order valence-corrected chi connectivity index (χ4v) is 6.08. The number of thiazole rings is 1. The van der Waals surface area contributed by atoms with Crippen LogP contribution < -0.4 is 10.2 Å². The number of aryl methyl sites for hydroxylation is 1. The molecule has 2 aliphatic heterocycles. The summed E-state index contributed by atoms with van der Waals surface area (Å²) >= 11 is 1.61. The zero-order chi connectivity index (χ0) is 28.2. The standard InChI is InChI=1S/C28H34N6O5S/c1-18(20-6-8-21(9-7-20)26-19(2)29-17-40-26)30-27(36)23-5-4-10-34(23)25(35)16-22-15-24(31-39-22)32-11-13-33(14-12-32)28(37)38-3/h6-9,15,17-18,23H,4-5,10-14,16H2,1-3H3,(H,30,36). The third-order valence-corrected chi connectivity index (χ3v) is 8.54. The number of ether oxygens (including phenoxy) is 1. The highest BCUT2D eigenvalue weighted by Gasteiger charge is 2.35. The SMILES string of the molecule is COC(=O)N1CCN(c2cc(CC(=O)N3CCCC3C(=O)NC(C)c3ccc(-c4scnc4C)cc3)on2)CC1. The number of carbonyl (C=O) groups excluding carboxylic acids is 3. The van der Waals surface area contributed by atoms with E-state index in [1.807, 2.05) is 36.4 Å². The molecule has 11 nitrogen and oxygen atoms in total. The fourth-order valence-electron chi connectivity index (χ4n) is 5.27. The van der Waals surface area contributed by atoms with E-state index in [9.17, 15) is 14.4 Å². The number of nitrogens with one attached hydrogen (secondary N) is 1. The third kappa shape index (κ3) is 5.96. The van der Waals surface area contributed by atoms with Crippen molar-refractivity contribution in [1.82, 2.24) is 25.3 Å². The number of aromatic nitrogens is 2. The van der Waals surface area contributed by atoms with E-state index >= 15 is 0 Å². The van der Waals surface area contributed by atoms with Crippen molar-refractivity contribution in [3.63, 3.8) is 0 Å². The third-order valence-electron chi connectivity index (χ3n) is 7.56. The lowest BCUT2D eigenvalue weighted by Gasteiger charge is -2.33. The van der Waals surface area contributed by atoms with Gasteiger partial charge in [0.1, 0.15) is 11.8 Å². The van der Waals surface area contributed by atoms with Crippen molar-refractivity contribution >= 4 is 35.1 Å². The lowest BCUT2D eigenvalue weighted by atomic mass is 10.0. The molecule has 1 aromatic carbocycles. The first-order valence-electron chi connectivity index (χ1n) is 13.5. The van der Waals surface area contributed by atoms with E-state index in [1.54, 1.807) is 27.2 Å². The number of hydrogen-bond donors (Lipinski definition) is 1. The first kappa shape index (κ1) is 27.6. The van der Waals surface area contributed by atoms with Crippen LogP contribution in [-0.4, -0.2) is 83.7 Å². The van der Waals surface area contributed by atoms with Crippen molar-refractivity contribution in [1.29, 1.82) is 0 Å². The Bertz CT molecular complexity index is 1350. The Kier molecular flexibility index (Phi) is 8.34. The van der Waals surface area contributed by atoms with Crippen molar-refractivity contribution < 1.29 is 23.6 Å². The topological polar surface area (TPSA) is 121 Å². The van der Waals surface area contributed by atoms with Crippen LogP contribution >= 0.6 is 11.3 Å². The molecule has 0 radical (unpaired) electrons. The molecule has 0 bridgehead atoms. The number of methoxy groups -OCH3 is 1. The minimum Gasteiger partial charge on any atom is -0.453 e. The molecule has 3 aromatic rings. The van der Waals surface area contributed by atoms with E-state index in [4.69, 9.17) is 9.26 Å². The van der Waals surface area contributed by atoms with E-state index in [0.717, 1.165) is 28.1 Å². The molecule has 2 saturated heterocycles. The summed E-state index contributed by atoms with van der Waals surface area (Å²) in [6.45, 7) is 6.70. The maximum Gasteiger partial charge on any atom is 0.409 e. The summed E-state index contributed by atoms with van der Waals surface area (Å²) in [6.07, 6.45) is 1.09. The molecule has 0 spiro atoms. The van der Waals surface area contributed by atoms with Crippen LogP contribution in [0.4, 0.5) is 10.6 Å². The summed E-state index contributed by atoms with van der Waals surface area (Å²) in [5, 5.41) is 7.22. The highest BCUT2D eigenvalue weighted by molar-refractivity contribution is 7.13. The predicted octanol–water partition coefficient (Wildman–Crippen LogP) is 3.41. The lowest BCUT2D eigenvalue weighted by molar-refractivity contribution is -0.138. The quantitative estimate of drug-likeness (QED) is 0.462. The minimum absolute atomic E-state index is 0.0346. The van der Waals surface area contributed by atoms with Gasteiger partial charge in [0, 0.05) is 38.8 Å². The summed E-state index contributed by atoms with van der Waals surface area (Å²) < 4.78 is 10.2. The van der Waals surface area contributed by atoms with Gasteiger partial charge in [-0.05, 0) is 37.8 Å². The highest BCUT2D eigenvalue weighted by atomic mass is 32.1. The molecule has 0 saturated carbocycles. The summed E-state index contributed by atoms with van der Waals surface area (Å²) in [5.74, 6) is 0.773. The molecule has 2 aliphatic rings. The van der Waals surface area contributed by atoms with Crippen molar-refractivity contribution in [2.24, 2.45) is 0 Å². The van der Waals surface area contributed by atoms with Crippen LogP contribution in [0.15, 0.2) is 40.4 Å². The molecule has 2 fully saturated rings. The fraction of sp³-hybridized carbons (Fsp3) is 0.464. The molecule has 5 rings (SSSR count). The van der Waals surface area contributed by atoms with E-state index in [0.29, 0.717) is 50.7 Å². The Morgan fingerprint density at radius 3 is 2.58 bits per heavy atom. The molecule has 3 amide bonds. The Balaban J connectivity index is 1.15. The predicted molar refractivity (Wildman–Crippen MR) is 150 cm³/mol. The normalized spacial score (nSPS) is 18.1. The first-order valence-corrected chi connectivity index (χ1v) is 14.4. The van der Waals surface area contributed by atoms with Crippen molar-refractivity contribution in [2.75, 3.05) is 44.7 Å². The number of benzene rings is 1. The van der Waals surface area contributed by atoms with Crippen molar-refractivity contribution in [3.8, 4) is 10.4 Å². The van der Waals surface area contributed by atoms with E-state index in [-0.39, 0.29) is 30.4 Å². The Labute approximate surface area is 237 Å². The average Bonchev–Trinajstić information content (AvgIpc) is 3.74. The average molecular weight is 567 g/mol. The van der Waals surface area contributed by atoms with E-state index in [1.165, 1.54) is 7.11 Å². The number of likely N-dealkylation sites (tertiary alicyclic amines) is 1. The second kappa shape index (κ2) is 12.1. The summed E-state index contributed by atoms with van der Waals surface area (Å²) in [7, 11) is 1.37. The van der Waals surface area contributed by atoms with Gasteiger partial charge in [-0.15, -0.1) is 11.3 Å². The Hall–Kier alpha value is -3.93. The monoisotopic (exact) mass is 566 g/mol. The second-order valence-electron chi connectivity index (χ2n) is 10.1. The molecule has 2 atom stereocenters. The molecule has 12 heteroatoms. The zero-order valence-electron chi connectivity index (χ0n) is 23.0. The smallest absolute Gasteiger partial charge is 0.409 e. The molecule has 2 unspecified atom stereocenters. The van der Waals surface area contributed by atoms with Crippen molar-refractivity contribution in [2.45, 2.75) is 45.2 Å². The van der Waals surface area contributed by atoms with Crippen LogP contribution in [0.5, 0.6) is 0 Å². The second-order valence-corrected chi connectivity index (χ2v) is 11.0. The molecule has 212 valence electrons. The molecule has 40 heavy (non-hydrogen) atoms. The zero-order valence-corrected chi connectivity index (χ0v) is 23.8. The molecular formula is C28H34N6O5S. The number of nitrogens with zero attached hydrogens (tertiary/aromatic N) is 5. The van der Waals surface area contributed by atoms with Gasteiger partial charge in [0.2, 0.25) is 11.8 Å². The van der Waals surface area contributed by atoms with Gasteiger partial charge < -0.3 is 29.3 Å². The largest absolute Gasteiger partial charge is 0.453 e. The van der Waals surface area contributed by atoms with Gasteiger partial charge in [-0.2, -0.15) is 0 Å². The molecule has 1 N–H and O–H groups in total. The molecule has 0 aliphatic carbocycles. The number of hydrogen-bond acceptors (Lipinski definition) is 9. The number of carbonyl (C=O) groups is 3. The van der Waals surface area contributed by atoms with Crippen LogP contribution in [0, 0.1) is 6.92 Å². The van der Waals surface area contributed by atoms with Crippen LogP contribution in [0.2, 0.25) is 0 Å². The van der Waals surface area contributed by atoms with Crippen LogP contribution in [0.25, 0.3) is 10.4 Å². The van der Waals surface area contributed by atoms with Gasteiger partial charge in [-0.3, -0.25) is 9.59 Å². The lowest BCUT2D eigenvalue weighted by Crippen LogP contribution is -2.48. The minimum atomic E-state index is -0.511. The van der Waals surface area contributed by atoms with Gasteiger partial charge in [0.15, 0.2) is 5.82 Å². The number of rotatable bonds is 7. The van der Waals surface area contributed by atoms with Gasteiger partial charge in [-0.1, -0.05) is 29.4 Å².